The number of nitro groups is 1. The highest BCUT2D eigenvalue weighted by molar-refractivity contribution is 6.31. The number of hydrogen-bond acceptors (Lipinski definition) is 2. The van der Waals surface area contributed by atoms with E-state index in [1.54, 1.807) is 4.98 Å². The summed E-state index contributed by atoms with van der Waals surface area (Å²) in [5.74, 6) is -1.14. The molecule has 0 aliphatic rings. The van der Waals surface area contributed by atoms with Gasteiger partial charge in [-0.25, -0.2) is 4.98 Å². The van der Waals surface area contributed by atoms with Crippen LogP contribution in [0.25, 0.3) is 11.1 Å². The molecule has 23 heavy (non-hydrogen) atoms. The molecule has 0 aliphatic heterocycles. The van der Waals surface area contributed by atoms with E-state index < -0.39 is 50.5 Å². The minimum atomic E-state index is -5.09. The fraction of sp³-hybridized carbons (Fsp3) is 0.167. The number of benzene rings is 1. The molecule has 1 heterocycles. The Morgan fingerprint density at radius 3 is 2.17 bits per heavy atom. The Hall–Kier alpha value is -2.23. The predicted octanol–water partition coefficient (Wildman–Crippen LogP) is 5.28. The van der Waals surface area contributed by atoms with Crippen LogP contribution in [0.15, 0.2) is 24.3 Å². The standard InChI is InChI=1S/C12H5ClF6N2O2/c13-9-8(12(17,18)19)7(10(20-9)21(22)23)5-2-1-3-6(4-5)11(14,15)16/h1-4,20H. The number of nitrogens with one attached hydrogen (secondary N) is 1. The van der Waals surface area contributed by atoms with Gasteiger partial charge in [-0.1, -0.05) is 12.1 Å². The van der Waals surface area contributed by atoms with E-state index in [0.29, 0.717) is 12.1 Å². The zero-order chi connectivity index (χ0) is 17.6. The van der Waals surface area contributed by atoms with E-state index >= 15 is 0 Å². The van der Waals surface area contributed by atoms with Crippen molar-refractivity contribution < 1.29 is 31.3 Å². The Morgan fingerprint density at radius 2 is 1.70 bits per heavy atom. The van der Waals surface area contributed by atoms with Gasteiger partial charge in [0.2, 0.25) is 5.15 Å². The van der Waals surface area contributed by atoms with Crippen LogP contribution in [-0.4, -0.2) is 9.91 Å². The van der Waals surface area contributed by atoms with E-state index in [0.717, 1.165) is 12.1 Å². The number of alkyl halides is 6. The summed E-state index contributed by atoms with van der Waals surface area (Å²) in [5.41, 5.74) is -4.50. The maximum atomic E-state index is 13.1. The molecule has 11 heteroatoms. The zero-order valence-electron chi connectivity index (χ0n) is 10.7. The average Bonchev–Trinajstić information content (AvgIpc) is 2.75. The van der Waals surface area contributed by atoms with Gasteiger partial charge in [0.05, 0.1) is 11.1 Å². The SMILES string of the molecule is O=[N+]([O-])c1[nH]c(Cl)c(C(F)(F)F)c1-c1cccc(C(F)(F)F)c1. The lowest BCUT2D eigenvalue weighted by atomic mass is 10.0. The Balaban J connectivity index is 2.79. The summed E-state index contributed by atoms with van der Waals surface area (Å²) in [6.07, 6.45) is -9.91. The highest BCUT2D eigenvalue weighted by Crippen LogP contribution is 2.46. The lowest BCUT2D eigenvalue weighted by Crippen LogP contribution is -2.08. The second-order valence-corrected chi connectivity index (χ2v) is 4.75. The van der Waals surface area contributed by atoms with Crippen LogP contribution in [0, 0.1) is 10.1 Å². The van der Waals surface area contributed by atoms with E-state index in [1.807, 2.05) is 0 Å². The fourth-order valence-corrected chi connectivity index (χ4v) is 2.28. The molecule has 0 fully saturated rings. The van der Waals surface area contributed by atoms with Crippen molar-refractivity contribution in [1.82, 2.24) is 4.98 Å². The maximum absolute atomic E-state index is 13.1. The third kappa shape index (κ3) is 3.26. The summed E-state index contributed by atoms with van der Waals surface area (Å²) < 4.78 is 77.2. The molecule has 0 aliphatic carbocycles. The first-order valence-electron chi connectivity index (χ1n) is 5.73. The van der Waals surface area contributed by atoms with Crippen molar-refractivity contribution in [2.45, 2.75) is 12.4 Å². The number of rotatable bonds is 2. The fourth-order valence-electron chi connectivity index (χ4n) is 1.99. The van der Waals surface area contributed by atoms with Gasteiger partial charge >= 0.3 is 18.2 Å². The van der Waals surface area contributed by atoms with Gasteiger partial charge < -0.3 is 10.1 Å². The number of H-pyrrole nitrogens is 1. The Labute approximate surface area is 128 Å². The Morgan fingerprint density at radius 1 is 1.09 bits per heavy atom. The summed E-state index contributed by atoms with van der Waals surface area (Å²) in [4.78, 5) is 11.5. The largest absolute Gasteiger partial charge is 0.422 e. The molecule has 0 bridgehead atoms. The number of aromatic amines is 1. The molecule has 0 amide bonds. The van der Waals surface area contributed by atoms with E-state index in [9.17, 15) is 36.5 Å². The second-order valence-electron chi connectivity index (χ2n) is 4.37. The van der Waals surface area contributed by atoms with Gasteiger partial charge in [0.1, 0.15) is 5.56 Å². The van der Waals surface area contributed by atoms with Gasteiger partial charge in [-0.05, 0) is 34.2 Å². The summed E-state index contributed by atoms with van der Waals surface area (Å²) in [6, 6.07) is 2.78. The van der Waals surface area contributed by atoms with Gasteiger partial charge in [-0.3, -0.25) is 0 Å². The minimum Gasteiger partial charge on any atom is -0.358 e. The van der Waals surface area contributed by atoms with Gasteiger partial charge in [-0.2, -0.15) is 26.3 Å². The van der Waals surface area contributed by atoms with Crippen LogP contribution in [0.2, 0.25) is 5.15 Å². The molecule has 2 rings (SSSR count). The predicted molar refractivity (Wildman–Crippen MR) is 67.9 cm³/mol. The van der Waals surface area contributed by atoms with E-state index in [-0.39, 0.29) is 0 Å². The van der Waals surface area contributed by atoms with Crippen LogP contribution in [0.4, 0.5) is 32.2 Å². The van der Waals surface area contributed by atoms with Crippen LogP contribution < -0.4 is 0 Å². The van der Waals surface area contributed by atoms with Crippen LogP contribution in [0.5, 0.6) is 0 Å². The molecule has 0 radical (unpaired) electrons. The normalized spacial score (nSPS) is 12.5. The molecule has 1 aromatic heterocycles. The number of hydrogen-bond donors (Lipinski definition) is 1. The molecular formula is C12H5ClF6N2O2. The van der Waals surface area contributed by atoms with E-state index in [2.05, 4.69) is 0 Å². The molecule has 0 saturated heterocycles. The van der Waals surface area contributed by atoms with Crippen molar-refractivity contribution in [3.63, 3.8) is 0 Å². The average molecular weight is 359 g/mol. The maximum Gasteiger partial charge on any atom is 0.422 e. The first kappa shape index (κ1) is 17.1. The number of aromatic nitrogens is 1. The molecule has 4 nitrogen and oxygen atoms in total. The summed E-state index contributed by atoms with van der Waals surface area (Å²) in [7, 11) is 0. The van der Waals surface area contributed by atoms with Crippen LogP contribution in [0.3, 0.4) is 0 Å². The van der Waals surface area contributed by atoms with Crippen molar-refractivity contribution in [3.8, 4) is 11.1 Å². The molecular weight excluding hydrogens is 354 g/mol. The monoisotopic (exact) mass is 358 g/mol. The molecule has 0 spiro atoms. The highest BCUT2D eigenvalue weighted by atomic mass is 35.5. The van der Waals surface area contributed by atoms with Crippen molar-refractivity contribution in [2.75, 3.05) is 0 Å². The lowest BCUT2D eigenvalue weighted by molar-refractivity contribution is -0.388. The highest BCUT2D eigenvalue weighted by Gasteiger charge is 2.43. The number of halogens is 7. The molecule has 124 valence electrons. The summed E-state index contributed by atoms with van der Waals surface area (Å²) in [6.45, 7) is 0. The molecule has 0 saturated carbocycles. The van der Waals surface area contributed by atoms with Crippen molar-refractivity contribution in [1.29, 1.82) is 0 Å². The quantitative estimate of drug-likeness (QED) is 0.451. The smallest absolute Gasteiger partial charge is 0.358 e. The van der Waals surface area contributed by atoms with Crippen molar-refractivity contribution in [2.24, 2.45) is 0 Å². The summed E-state index contributed by atoms with van der Waals surface area (Å²) >= 11 is 5.36. The van der Waals surface area contributed by atoms with Gasteiger partial charge in [0, 0.05) is 0 Å². The van der Waals surface area contributed by atoms with E-state index in [4.69, 9.17) is 11.6 Å². The molecule has 1 aromatic carbocycles. The minimum absolute atomic E-state index is 0.391. The first-order valence-corrected chi connectivity index (χ1v) is 6.11. The third-order valence-electron chi connectivity index (χ3n) is 2.88. The Bertz CT molecular complexity index is 766. The topological polar surface area (TPSA) is 58.9 Å². The van der Waals surface area contributed by atoms with Gasteiger partial charge in [0.25, 0.3) is 0 Å². The molecule has 0 atom stereocenters. The molecule has 2 aromatic rings. The van der Waals surface area contributed by atoms with Crippen molar-refractivity contribution >= 4 is 17.4 Å². The van der Waals surface area contributed by atoms with Crippen LogP contribution in [-0.2, 0) is 12.4 Å². The van der Waals surface area contributed by atoms with Crippen LogP contribution >= 0.6 is 11.6 Å². The molecule has 1 N–H and O–H groups in total. The Kier molecular flexibility index (Phi) is 4.05. The lowest BCUT2D eigenvalue weighted by Gasteiger charge is -2.11. The third-order valence-corrected chi connectivity index (χ3v) is 3.16. The van der Waals surface area contributed by atoms with Crippen molar-refractivity contribution in [3.05, 3.63) is 50.7 Å². The molecule has 0 unspecified atom stereocenters. The van der Waals surface area contributed by atoms with Crippen LogP contribution in [0.1, 0.15) is 11.1 Å². The second kappa shape index (κ2) is 5.44. The van der Waals surface area contributed by atoms with Gasteiger partial charge in [-0.15, -0.1) is 0 Å². The zero-order valence-corrected chi connectivity index (χ0v) is 11.5. The summed E-state index contributed by atoms with van der Waals surface area (Å²) in [5, 5.41) is 9.82. The van der Waals surface area contributed by atoms with E-state index in [1.165, 1.54) is 0 Å². The first-order chi connectivity index (χ1) is 10.4. The van der Waals surface area contributed by atoms with Gasteiger partial charge in [0.15, 0.2) is 0 Å². The number of nitrogens with zero attached hydrogens (tertiary/aromatic N) is 1.